The van der Waals surface area contributed by atoms with Crippen molar-refractivity contribution in [1.82, 2.24) is 0 Å². The Balaban J connectivity index is 1.65. The summed E-state index contributed by atoms with van der Waals surface area (Å²) in [5.41, 5.74) is 8.46. The molecule has 2 aliphatic heterocycles. The van der Waals surface area contributed by atoms with E-state index in [1.807, 2.05) is 6.92 Å². The first-order chi connectivity index (χ1) is 9.17. The zero-order chi connectivity index (χ0) is 13.0. The number of anilines is 1. The van der Waals surface area contributed by atoms with E-state index in [0.717, 1.165) is 29.8 Å². The first-order valence-electron chi connectivity index (χ1n) is 6.66. The van der Waals surface area contributed by atoms with Gasteiger partial charge in [-0.15, -0.1) is 11.3 Å². The smallest absolute Gasteiger partial charge is 0.192 e. The fourth-order valence-corrected chi connectivity index (χ4v) is 4.33. The number of ether oxygens (including phenoxy) is 4. The minimum Gasteiger partial charge on any atom is -0.390 e. The van der Waals surface area contributed by atoms with E-state index in [0.29, 0.717) is 13.2 Å². The molecule has 0 aromatic carbocycles. The lowest BCUT2D eigenvalue weighted by Gasteiger charge is -2.36. The highest BCUT2D eigenvalue weighted by atomic mass is 32.1. The summed E-state index contributed by atoms with van der Waals surface area (Å²) in [6.07, 6.45) is 2.17. The molecule has 4 rings (SSSR count). The molecule has 19 heavy (non-hydrogen) atoms. The van der Waals surface area contributed by atoms with Gasteiger partial charge in [0.25, 0.3) is 0 Å². The summed E-state index contributed by atoms with van der Waals surface area (Å²) in [5, 5.41) is 0.803. The summed E-state index contributed by atoms with van der Waals surface area (Å²) < 4.78 is 22.8. The Bertz CT molecular complexity index is 503. The minimum absolute atomic E-state index is 0.128. The number of fused-ring (bicyclic) bond motifs is 1. The molecule has 2 fully saturated rings. The Morgan fingerprint density at radius 2 is 2.00 bits per heavy atom. The number of thiophene rings is 1. The van der Waals surface area contributed by atoms with Gasteiger partial charge < -0.3 is 24.7 Å². The van der Waals surface area contributed by atoms with Crippen LogP contribution in [0.15, 0.2) is 0 Å². The lowest BCUT2D eigenvalue weighted by Crippen LogP contribution is -2.37. The van der Waals surface area contributed by atoms with Crippen molar-refractivity contribution >= 4 is 16.3 Å². The van der Waals surface area contributed by atoms with Gasteiger partial charge in [0.15, 0.2) is 18.4 Å². The van der Waals surface area contributed by atoms with E-state index in [1.54, 1.807) is 11.3 Å². The van der Waals surface area contributed by atoms with Crippen molar-refractivity contribution in [3.63, 3.8) is 0 Å². The lowest BCUT2D eigenvalue weighted by atomic mass is 9.90. The van der Waals surface area contributed by atoms with E-state index in [-0.39, 0.29) is 12.6 Å². The molecule has 0 atom stereocenters. The van der Waals surface area contributed by atoms with Gasteiger partial charge in [0.05, 0.1) is 18.2 Å². The highest BCUT2D eigenvalue weighted by molar-refractivity contribution is 7.16. The summed E-state index contributed by atoms with van der Waals surface area (Å²) in [7, 11) is 0. The molecule has 0 bridgehead atoms. The van der Waals surface area contributed by atoms with Gasteiger partial charge in [-0.05, 0) is 18.9 Å². The van der Waals surface area contributed by atoms with Crippen LogP contribution in [0.25, 0.3) is 0 Å². The van der Waals surface area contributed by atoms with Gasteiger partial charge >= 0.3 is 0 Å². The zero-order valence-corrected chi connectivity index (χ0v) is 11.6. The maximum absolute atomic E-state index is 6.14. The Kier molecular flexibility index (Phi) is 2.65. The molecular formula is C13H17NO4S. The molecule has 0 unspecified atom stereocenters. The van der Waals surface area contributed by atoms with Crippen molar-refractivity contribution in [2.24, 2.45) is 0 Å². The van der Waals surface area contributed by atoms with Crippen LogP contribution >= 0.6 is 11.3 Å². The average molecular weight is 283 g/mol. The van der Waals surface area contributed by atoms with Crippen LogP contribution < -0.4 is 5.73 Å². The molecule has 0 saturated carbocycles. The van der Waals surface area contributed by atoms with E-state index in [1.165, 1.54) is 10.4 Å². The molecule has 1 spiro atoms. The van der Waals surface area contributed by atoms with Crippen LogP contribution in [-0.2, 0) is 31.8 Å². The quantitative estimate of drug-likeness (QED) is 0.853. The van der Waals surface area contributed by atoms with Crippen LogP contribution in [0.1, 0.15) is 35.6 Å². The molecule has 2 saturated heterocycles. The first kappa shape index (κ1) is 12.1. The molecule has 0 radical (unpaired) electrons. The summed E-state index contributed by atoms with van der Waals surface area (Å²) in [5.74, 6) is -0.407. The number of hydrogen-bond donors (Lipinski definition) is 1. The summed E-state index contributed by atoms with van der Waals surface area (Å²) in [4.78, 5) is 1.26. The number of hydrogen-bond acceptors (Lipinski definition) is 6. The van der Waals surface area contributed by atoms with Crippen LogP contribution in [0, 0.1) is 0 Å². The van der Waals surface area contributed by atoms with Crippen molar-refractivity contribution in [2.75, 3.05) is 18.9 Å². The van der Waals surface area contributed by atoms with Crippen LogP contribution in [0.3, 0.4) is 0 Å². The summed E-state index contributed by atoms with van der Waals surface area (Å²) in [6, 6.07) is 0. The standard InChI is InChI=1S/C13H17NO4S/c1-7-17-12(18-7)10-8-2-3-13(15-4-5-16-13)6-9(8)19-11(10)14/h7,12H,2-6,14H2,1H3. The molecule has 5 nitrogen and oxygen atoms in total. The van der Waals surface area contributed by atoms with Crippen LogP contribution in [0.2, 0.25) is 0 Å². The number of nitrogens with two attached hydrogens (primary N) is 1. The molecule has 3 aliphatic rings. The fourth-order valence-electron chi connectivity index (χ4n) is 3.11. The SMILES string of the molecule is CC1OC(c2c(N)sc3c2CCC2(C3)OCCO2)O1. The van der Waals surface area contributed by atoms with Crippen LogP contribution in [-0.4, -0.2) is 25.3 Å². The number of nitrogen functional groups attached to an aromatic ring is 1. The van der Waals surface area contributed by atoms with Crippen molar-refractivity contribution in [2.45, 2.75) is 44.6 Å². The van der Waals surface area contributed by atoms with E-state index in [4.69, 9.17) is 24.7 Å². The van der Waals surface area contributed by atoms with Crippen molar-refractivity contribution in [3.05, 3.63) is 16.0 Å². The monoisotopic (exact) mass is 283 g/mol. The van der Waals surface area contributed by atoms with Gasteiger partial charge in [-0.2, -0.15) is 0 Å². The first-order valence-corrected chi connectivity index (χ1v) is 7.47. The lowest BCUT2D eigenvalue weighted by molar-refractivity contribution is -0.382. The predicted molar refractivity (Wildman–Crippen MR) is 69.8 cm³/mol. The van der Waals surface area contributed by atoms with Crippen molar-refractivity contribution in [3.8, 4) is 0 Å². The zero-order valence-electron chi connectivity index (χ0n) is 10.8. The van der Waals surface area contributed by atoms with Gasteiger partial charge in [-0.3, -0.25) is 0 Å². The van der Waals surface area contributed by atoms with Crippen molar-refractivity contribution in [1.29, 1.82) is 0 Å². The molecule has 1 aromatic rings. The second kappa shape index (κ2) is 4.17. The van der Waals surface area contributed by atoms with Crippen molar-refractivity contribution < 1.29 is 18.9 Å². The molecule has 1 aromatic heterocycles. The molecule has 104 valence electrons. The van der Waals surface area contributed by atoms with Gasteiger partial charge in [-0.25, -0.2) is 0 Å². The normalized spacial score (nSPS) is 32.3. The molecule has 1 aliphatic carbocycles. The van der Waals surface area contributed by atoms with Crippen LogP contribution in [0.4, 0.5) is 5.00 Å². The second-order valence-electron chi connectivity index (χ2n) is 5.24. The average Bonchev–Trinajstić information content (AvgIpc) is 2.90. The Morgan fingerprint density at radius 3 is 2.68 bits per heavy atom. The largest absolute Gasteiger partial charge is 0.390 e. The number of rotatable bonds is 1. The maximum Gasteiger partial charge on any atom is 0.192 e. The maximum atomic E-state index is 6.14. The molecule has 6 heteroatoms. The van der Waals surface area contributed by atoms with E-state index in [9.17, 15) is 0 Å². The van der Waals surface area contributed by atoms with Gasteiger partial charge in [-0.1, -0.05) is 0 Å². The third-order valence-corrected chi connectivity index (χ3v) is 5.10. The molecule has 0 amide bonds. The summed E-state index contributed by atoms with van der Waals surface area (Å²) >= 11 is 1.61. The van der Waals surface area contributed by atoms with Gasteiger partial charge in [0.2, 0.25) is 0 Å². The van der Waals surface area contributed by atoms with E-state index >= 15 is 0 Å². The summed E-state index contributed by atoms with van der Waals surface area (Å²) in [6.45, 7) is 3.27. The van der Waals surface area contributed by atoms with Gasteiger partial charge in [0, 0.05) is 23.3 Å². The highest BCUT2D eigenvalue weighted by Gasteiger charge is 2.43. The second-order valence-corrected chi connectivity index (χ2v) is 6.37. The van der Waals surface area contributed by atoms with Crippen LogP contribution in [0.5, 0.6) is 0 Å². The van der Waals surface area contributed by atoms with E-state index in [2.05, 4.69) is 0 Å². The molecule has 2 N–H and O–H groups in total. The fraction of sp³-hybridized carbons (Fsp3) is 0.692. The Labute approximate surface area is 115 Å². The third-order valence-electron chi connectivity index (χ3n) is 4.03. The molecule has 3 heterocycles. The van der Waals surface area contributed by atoms with Gasteiger partial charge in [0.1, 0.15) is 0 Å². The highest BCUT2D eigenvalue weighted by Crippen LogP contribution is 2.47. The predicted octanol–water partition coefficient (Wildman–Crippen LogP) is 1.95. The minimum atomic E-state index is -0.407. The topological polar surface area (TPSA) is 62.9 Å². The Hall–Kier alpha value is -0.660. The third kappa shape index (κ3) is 1.82. The van der Waals surface area contributed by atoms with E-state index < -0.39 is 5.79 Å². The molecular weight excluding hydrogens is 266 g/mol. The Morgan fingerprint density at radius 1 is 1.26 bits per heavy atom.